The topological polar surface area (TPSA) is 140 Å². The molecule has 0 aliphatic heterocycles. The fourth-order valence-corrected chi connectivity index (χ4v) is 1.71. The van der Waals surface area contributed by atoms with Crippen LogP contribution in [0.15, 0.2) is 48.5 Å². The van der Waals surface area contributed by atoms with Gasteiger partial charge in [-0.05, 0) is 48.5 Å². The lowest BCUT2D eigenvalue weighted by Crippen LogP contribution is -2.19. The van der Waals surface area contributed by atoms with Crippen molar-refractivity contribution in [3.05, 3.63) is 48.5 Å². The molecule has 0 bridgehead atoms. The summed E-state index contributed by atoms with van der Waals surface area (Å²) in [7, 11) is 0. The Morgan fingerprint density at radius 1 is 0.577 bits per heavy atom. The summed E-state index contributed by atoms with van der Waals surface area (Å²) in [5, 5.41) is 0. The van der Waals surface area contributed by atoms with Crippen molar-refractivity contribution in [2.45, 2.75) is 0 Å². The quantitative estimate of drug-likeness (QED) is 0.438. The highest BCUT2D eigenvalue weighted by Gasteiger charge is 2.10. The van der Waals surface area contributed by atoms with E-state index in [1.807, 2.05) is 0 Å². The SMILES string of the molecule is NCC(=O)Oc1ccc(OC(=O)Oc2ccc(OC(=O)CN)cc2)cc1. The van der Waals surface area contributed by atoms with Crippen molar-refractivity contribution in [2.75, 3.05) is 13.1 Å². The first-order chi connectivity index (χ1) is 12.5. The van der Waals surface area contributed by atoms with E-state index >= 15 is 0 Å². The molecule has 2 rings (SSSR count). The highest BCUT2D eigenvalue weighted by atomic mass is 16.7. The highest BCUT2D eigenvalue weighted by molar-refractivity contribution is 5.75. The van der Waals surface area contributed by atoms with Crippen LogP contribution in [0.2, 0.25) is 0 Å². The number of ether oxygens (including phenoxy) is 4. The Morgan fingerprint density at radius 2 is 0.846 bits per heavy atom. The minimum absolute atomic E-state index is 0.191. The third kappa shape index (κ3) is 5.89. The Balaban J connectivity index is 1.88. The Labute approximate surface area is 148 Å². The number of carbonyl (C=O) groups excluding carboxylic acids is 3. The molecular weight excluding hydrogens is 344 g/mol. The molecule has 2 aromatic rings. The average molecular weight is 360 g/mol. The van der Waals surface area contributed by atoms with Gasteiger partial charge in [0.25, 0.3) is 0 Å². The van der Waals surface area contributed by atoms with Gasteiger partial charge in [-0.3, -0.25) is 9.59 Å². The third-order valence-electron chi connectivity index (χ3n) is 2.85. The molecule has 9 heteroatoms. The van der Waals surface area contributed by atoms with E-state index in [4.69, 9.17) is 30.4 Å². The van der Waals surface area contributed by atoms with Gasteiger partial charge in [0.1, 0.15) is 23.0 Å². The van der Waals surface area contributed by atoms with Crippen molar-refractivity contribution < 1.29 is 33.3 Å². The maximum absolute atomic E-state index is 11.8. The van der Waals surface area contributed by atoms with Crippen LogP contribution in [0.4, 0.5) is 4.79 Å². The van der Waals surface area contributed by atoms with Gasteiger partial charge in [-0.15, -0.1) is 0 Å². The number of hydrogen-bond donors (Lipinski definition) is 2. The van der Waals surface area contributed by atoms with Gasteiger partial charge >= 0.3 is 18.1 Å². The Morgan fingerprint density at radius 3 is 1.12 bits per heavy atom. The van der Waals surface area contributed by atoms with Gasteiger partial charge in [0.15, 0.2) is 0 Å². The smallest absolute Gasteiger partial charge is 0.426 e. The number of benzene rings is 2. The molecule has 0 heterocycles. The molecule has 0 saturated heterocycles. The predicted molar refractivity (Wildman–Crippen MR) is 88.9 cm³/mol. The zero-order valence-electron chi connectivity index (χ0n) is 13.5. The molecule has 2 aromatic carbocycles. The lowest BCUT2D eigenvalue weighted by molar-refractivity contribution is -0.133. The summed E-state index contributed by atoms with van der Waals surface area (Å²) in [5.41, 5.74) is 10.3. The maximum atomic E-state index is 11.8. The largest absolute Gasteiger partial charge is 0.519 e. The lowest BCUT2D eigenvalue weighted by Gasteiger charge is -2.07. The van der Waals surface area contributed by atoms with E-state index in [1.165, 1.54) is 48.5 Å². The predicted octanol–water partition coefficient (Wildman–Crippen LogP) is 0.993. The molecule has 0 atom stereocenters. The van der Waals surface area contributed by atoms with Gasteiger partial charge in [0.05, 0.1) is 13.1 Å². The summed E-state index contributed by atoms with van der Waals surface area (Å²) in [6.07, 6.45) is -0.969. The Bertz CT molecular complexity index is 707. The van der Waals surface area contributed by atoms with Crippen LogP contribution in [-0.2, 0) is 9.59 Å². The molecule has 0 amide bonds. The fraction of sp³-hybridized carbons (Fsp3) is 0.118. The molecule has 0 fully saturated rings. The van der Waals surface area contributed by atoms with Crippen LogP contribution in [0, 0.1) is 0 Å². The summed E-state index contributed by atoms with van der Waals surface area (Å²) in [4.78, 5) is 33.9. The molecule has 0 radical (unpaired) electrons. The number of hydrogen-bond acceptors (Lipinski definition) is 9. The van der Waals surface area contributed by atoms with E-state index < -0.39 is 18.1 Å². The number of rotatable bonds is 6. The molecule has 0 unspecified atom stereocenters. The van der Waals surface area contributed by atoms with Crippen LogP contribution in [-0.4, -0.2) is 31.2 Å². The van der Waals surface area contributed by atoms with Crippen LogP contribution < -0.4 is 30.4 Å². The lowest BCUT2D eigenvalue weighted by atomic mass is 10.3. The second-order valence-electron chi connectivity index (χ2n) is 4.75. The first-order valence-electron chi connectivity index (χ1n) is 7.41. The Kier molecular flexibility index (Phi) is 6.66. The van der Waals surface area contributed by atoms with Crippen LogP contribution in [0.3, 0.4) is 0 Å². The second kappa shape index (κ2) is 9.16. The summed E-state index contributed by atoms with van der Waals surface area (Å²) in [6, 6.07) is 11.5. The molecular formula is C17H16N2O7. The maximum Gasteiger partial charge on any atom is 0.519 e. The molecule has 0 saturated carbocycles. The van der Waals surface area contributed by atoms with Gasteiger partial charge < -0.3 is 30.4 Å². The van der Waals surface area contributed by atoms with Crippen molar-refractivity contribution in [3.8, 4) is 23.0 Å². The van der Waals surface area contributed by atoms with Crippen molar-refractivity contribution in [2.24, 2.45) is 11.5 Å². The van der Waals surface area contributed by atoms with Crippen LogP contribution in [0.5, 0.6) is 23.0 Å². The van der Waals surface area contributed by atoms with E-state index in [0.29, 0.717) is 0 Å². The molecule has 0 aliphatic carbocycles. The molecule has 0 aromatic heterocycles. The van der Waals surface area contributed by atoms with Gasteiger partial charge in [-0.25, -0.2) is 4.79 Å². The van der Waals surface area contributed by atoms with E-state index in [0.717, 1.165) is 0 Å². The van der Waals surface area contributed by atoms with Crippen molar-refractivity contribution in [1.29, 1.82) is 0 Å². The van der Waals surface area contributed by atoms with Crippen LogP contribution >= 0.6 is 0 Å². The summed E-state index contributed by atoms with van der Waals surface area (Å²) < 4.78 is 19.8. The molecule has 0 aliphatic rings. The standard InChI is InChI=1S/C17H16N2O7/c18-9-15(20)23-11-1-5-13(6-2-11)25-17(22)26-14-7-3-12(4-8-14)24-16(21)10-19/h1-8H,9-10,18-19H2. The minimum atomic E-state index is -0.969. The van der Waals surface area contributed by atoms with E-state index in [9.17, 15) is 14.4 Å². The normalized spacial score (nSPS) is 9.92. The van der Waals surface area contributed by atoms with Gasteiger partial charge in [0.2, 0.25) is 0 Å². The Hall–Kier alpha value is -3.43. The van der Waals surface area contributed by atoms with Gasteiger partial charge in [-0.2, -0.15) is 0 Å². The van der Waals surface area contributed by atoms with Crippen molar-refractivity contribution >= 4 is 18.1 Å². The number of carbonyl (C=O) groups is 3. The molecule has 4 N–H and O–H groups in total. The molecule has 9 nitrogen and oxygen atoms in total. The minimum Gasteiger partial charge on any atom is -0.426 e. The van der Waals surface area contributed by atoms with Crippen molar-refractivity contribution in [3.63, 3.8) is 0 Å². The fourth-order valence-electron chi connectivity index (χ4n) is 1.71. The van der Waals surface area contributed by atoms with E-state index in [2.05, 4.69) is 0 Å². The number of esters is 2. The zero-order valence-corrected chi connectivity index (χ0v) is 13.5. The monoisotopic (exact) mass is 360 g/mol. The summed E-state index contributed by atoms with van der Waals surface area (Å²) in [6.45, 7) is -0.483. The molecule has 0 spiro atoms. The molecule has 136 valence electrons. The first kappa shape index (κ1) is 18.9. The van der Waals surface area contributed by atoms with Crippen molar-refractivity contribution in [1.82, 2.24) is 0 Å². The van der Waals surface area contributed by atoms with E-state index in [1.54, 1.807) is 0 Å². The van der Waals surface area contributed by atoms with Crippen LogP contribution in [0.1, 0.15) is 0 Å². The zero-order chi connectivity index (χ0) is 18.9. The first-order valence-corrected chi connectivity index (χ1v) is 7.41. The average Bonchev–Trinajstić information content (AvgIpc) is 2.64. The summed E-state index contributed by atoms with van der Waals surface area (Å²) >= 11 is 0. The third-order valence-corrected chi connectivity index (χ3v) is 2.85. The van der Waals surface area contributed by atoms with Gasteiger partial charge in [0, 0.05) is 0 Å². The second-order valence-corrected chi connectivity index (χ2v) is 4.75. The van der Waals surface area contributed by atoms with Crippen LogP contribution in [0.25, 0.3) is 0 Å². The summed E-state index contributed by atoms with van der Waals surface area (Å²) in [5.74, 6) is -0.253. The van der Waals surface area contributed by atoms with E-state index in [-0.39, 0.29) is 36.1 Å². The molecule has 26 heavy (non-hydrogen) atoms. The number of nitrogens with two attached hydrogens (primary N) is 2. The highest BCUT2D eigenvalue weighted by Crippen LogP contribution is 2.20. The van der Waals surface area contributed by atoms with Gasteiger partial charge in [-0.1, -0.05) is 0 Å².